The summed E-state index contributed by atoms with van der Waals surface area (Å²) < 4.78 is 5.59. The Morgan fingerprint density at radius 1 is 1.24 bits per heavy atom. The summed E-state index contributed by atoms with van der Waals surface area (Å²) in [5.74, 6) is -0.152. The van der Waals surface area contributed by atoms with E-state index in [1.807, 2.05) is 6.92 Å². The molecule has 1 aliphatic rings. The van der Waals surface area contributed by atoms with E-state index in [-0.39, 0.29) is 5.94 Å². The third-order valence-electron chi connectivity index (χ3n) is 3.55. The van der Waals surface area contributed by atoms with Crippen molar-refractivity contribution in [3.63, 3.8) is 0 Å². The lowest BCUT2D eigenvalue weighted by Gasteiger charge is -2.40. The van der Waals surface area contributed by atoms with Crippen LogP contribution in [0.1, 0.15) is 34.6 Å². The molecule has 5 nitrogen and oxygen atoms in total. The molecule has 1 fully saturated rings. The highest BCUT2D eigenvalue weighted by molar-refractivity contribution is 6.45. The summed E-state index contributed by atoms with van der Waals surface area (Å²) in [7, 11) is -0.938. The highest BCUT2D eigenvalue weighted by Gasteiger charge is 2.42. The first-order valence-corrected chi connectivity index (χ1v) is 6.18. The third-order valence-corrected chi connectivity index (χ3v) is 3.55. The smallest absolute Gasteiger partial charge is 0.426 e. The van der Waals surface area contributed by atoms with Crippen molar-refractivity contribution in [3.05, 3.63) is 0 Å². The van der Waals surface area contributed by atoms with Crippen molar-refractivity contribution in [2.45, 2.75) is 57.8 Å². The topological polar surface area (TPSA) is 73.8 Å². The zero-order valence-corrected chi connectivity index (χ0v) is 11.4. The minimum Gasteiger partial charge on any atom is -0.426 e. The second-order valence-corrected chi connectivity index (χ2v) is 5.91. The molecule has 2 atom stereocenters. The molecule has 1 saturated heterocycles. The van der Waals surface area contributed by atoms with Gasteiger partial charge in [-0.2, -0.15) is 0 Å². The summed E-state index contributed by atoms with van der Waals surface area (Å²) >= 11 is 0. The molecule has 1 heterocycles. The molecule has 0 aromatic rings. The van der Waals surface area contributed by atoms with Crippen LogP contribution < -0.4 is 10.6 Å². The number of rotatable bonds is 4. The number of hydrogen-bond donors (Lipinski definition) is 4. The molecule has 2 unspecified atom stereocenters. The number of aliphatic hydroxyl groups is 1. The van der Waals surface area contributed by atoms with Gasteiger partial charge in [-0.25, -0.2) is 0 Å². The molecule has 0 bridgehead atoms. The zero-order chi connectivity index (χ0) is 13.3. The highest BCUT2D eigenvalue weighted by atomic mass is 16.5. The summed E-state index contributed by atoms with van der Waals surface area (Å²) in [5, 5.41) is 26.5. The Labute approximate surface area is 104 Å². The van der Waals surface area contributed by atoms with Gasteiger partial charge in [-0.1, -0.05) is 0 Å². The lowest BCUT2D eigenvalue weighted by Crippen LogP contribution is -2.63. The predicted molar refractivity (Wildman–Crippen MR) is 68.7 cm³/mol. The summed E-state index contributed by atoms with van der Waals surface area (Å²) in [5.41, 5.74) is -1.82. The van der Waals surface area contributed by atoms with E-state index in [2.05, 4.69) is 10.6 Å². The van der Waals surface area contributed by atoms with Crippen molar-refractivity contribution in [3.8, 4) is 0 Å². The highest BCUT2D eigenvalue weighted by Crippen LogP contribution is 2.25. The number of nitrogens with one attached hydrogen (secondary N) is 2. The summed E-state index contributed by atoms with van der Waals surface area (Å²) in [6.45, 7) is 10.5. The van der Waals surface area contributed by atoms with Crippen LogP contribution in [0.3, 0.4) is 0 Å². The van der Waals surface area contributed by atoms with Crippen molar-refractivity contribution in [2.24, 2.45) is 0 Å². The average Bonchev–Trinajstić information content (AvgIpc) is 2.15. The lowest BCUT2D eigenvalue weighted by atomic mass is 9.74. The van der Waals surface area contributed by atoms with Gasteiger partial charge >= 0.3 is 7.12 Å². The van der Waals surface area contributed by atoms with Crippen LogP contribution in [-0.2, 0) is 4.65 Å². The fourth-order valence-electron chi connectivity index (χ4n) is 1.65. The second-order valence-electron chi connectivity index (χ2n) is 5.91. The maximum Gasteiger partial charge on any atom is 0.474 e. The molecule has 0 aliphatic carbocycles. The summed E-state index contributed by atoms with van der Waals surface area (Å²) in [6, 6.07) is 0.303. The van der Waals surface area contributed by atoms with E-state index in [9.17, 15) is 10.1 Å². The first kappa shape index (κ1) is 14.9. The Kier molecular flexibility index (Phi) is 4.60. The summed E-state index contributed by atoms with van der Waals surface area (Å²) in [6.07, 6.45) is 0. The molecule has 17 heavy (non-hydrogen) atoms. The van der Waals surface area contributed by atoms with Crippen LogP contribution in [0.25, 0.3) is 0 Å². The standard InChI is InChI=1S/C11H25BN2O3/c1-8-6-13-7-9(14-8)12(16)17-11(4,5)10(2,3)15/h8-9,13-16H,6-7H2,1-5H3. The van der Waals surface area contributed by atoms with Crippen molar-refractivity contribution in [1.82, 2.24) is 10.6 Å². The molecule has 0 saturated carbocycles. The number of hydrogen-bond acceptors (Lipinski definition) is 5. The minimum absolute atomic E-state index is 0.152. The molecular formula is C11H25BN2O3. The Bertz CT molecular complexity index is 256. The van der Waals surface area contributed by atoms with Gasteiger partial charge in [-0.3, -0.25) is 0 Å². The monoisotopic (exact) mass is 244 g/mol. The van der Waals surface area contributed by atoms with Gasteiger partial charge in [0.25, 0.3) is 0 Å². The van der Waals surface area contributed by atoms with Gasteiger partial charge in [-0.15, -0.1) is 0 Å². The van der Waals surface area contributed by atoms with Gasteiger partial charge < -0.3 is 25.4 Å². The van der Waals surface area contributed by atoms with E-state index in [1.54, 1.807) is 27.7 Å². The van der Waals surface area contributed by atoms with E-state index in [0.717, 1.165) is 6.54 Å². The fraction of sp³-hybridized carbons (Fsp3) is 1.00. The maximum absolute atomic E-state index is 10.1. The first-order chi connectivity index (χ1) is 7.63. The Hall–Kier alpha value is -0.135. The molecule has 0 amide bonds. The molecule has 100 valence electrons. The lowest BCUT2D eigenvalue weighted by molar-refractivity contribution is -0.101. The predicted octanol–water partition coefficient (Wildman–Crippen LogP) is -0.478. The molecule has 0 spiro atoms. The third kappa shape index (κ3) is 3.93. The van der Waals surface area contributed by atoms with Crippen LogP contribution in [0.4, 0.5) is 0 Å². The van der Waals surface area contributed by atoms with E-state index < -0.39 is 18.3 Å². The van der Waals surface area contributed by atoms with Gasteiger partial charge in [0.15, 0.2) is 0 Å². The van der Waals surface area contributed by atoms with E-state index in [0.29, 0.717) is 12.6 Å². The van der Waals surface area contributed by atoms with Crippen molar-refractivity contribution < 1.29 is 14.8 Å². The van der Waals surface area contributed by atoms with Crippen LogP contribution >= 0.6 is 0 Å². The quantitative estimate of drug-likeness (QED) is 0.503. The molecular weight excluding hydrogens is 219 g/mol. The van der Waals surface area contributed by atoms with E-state index in [1.165, 1.54) is 0 Å². The second kappa shape index (κ2) is 5.24. The Morgan fingerprint density at radius 2 is 1.82 bits per heavy atom. The van der Waals surface area contributed by atoms with Crippen molar-refractivity contribution >= 4 is 7.12 Å². The molecule has 0 aromatic heterocycles. The van der Waals surface area contributed by atoms with Crippen LogP contribution in [0.15, 0.2) is 0 Å². The molecule has 4 N–H and O–H groups in total. The molecule has 0 radical (unpaired) electrons. The summed E-state index contributed by atoms with van der Waals surface area (Å²) in [4.78, 5) is 0. The Morgan fingerprint density at radius 3 is 2.29 bits per heavy atom. The van der Waals surface area contributed by atoms with Crippen LogP contribution in [0.2, 0.25) is 0 Å². The normalized spacial score (nSPS) is 27.0. The average molecular weight is 244 g/mol. The molecule has 0 aromatic carbocycles. The molecule has 1 rings (SSSR count). The van der Waals surface area contributed by atoms with Gasteiger partial charge in [0, 0.05) is 19.1 Å². The van der Waals surface area contributed by atoms with Gasteiger partial charge in [-0.05, 0) is 34.6 Å². The van der Waals surface area contributed by atoms with Crippen LogP contribution in [-0.4, -0.2) is 53.5 Å². The van der Waals surface area contributed by atoms with Crippen LogP contribution in [0, 0.1) is 0 Å². The fourth-order valence-corrected chi connectivity index (χ4v) is 1.65. The van der Waals surface area contributed by atoms with Gasteiger partial charge in [0.1, 0.15) is 0 Å². The minimum atomic E-state index is -1.01. The van der Waals surface area contributed by atoms with E-state index in [4.69, 9.17) is 4.65 Å². The van der Waals surface area contributed by atoms with E-state index >= 15 is 0 Å². The van der Waals surface area contributed by atoms with Crippen molar-refractivity contribution in [2.75, 3.05) is 13.1 Å². The molecule has 1 aliphatic heterocycles. The van der Waals surface area contributed by atoms with Gasteiger partial charge in [0.2, 0.25) is 0 Å². The molecule has 6 heteroatoms. The van der Waals surface area contributed by atoms with Crippen LogP contribution in [0.5, 0.6) is 0 Å². The number of piperazine rings is 1. The maximum atomic E-state index is 10.1. The largest absolute Gasteiger partial charge is 0.474 e. The van der Waals surface area contributed by atoms with Gasteiger partial charge in [0.05, 0.1) is 17.1 Å². The zero-order valence-electron chi connectivity index (χ0n) is 11.4. The SMILES string of the molecule is CC1CNCC(B(O)OC(C)(C)C(C)(C)O)N1. The first-order valence-electron chi connectivity index (χ1n) is 6.18. The van der Waals surface area contributed by atoms with Crippen molar-refractivity contribution in [1.29, 1.82) is 0 Å². The Balaban J connectivity index is 2.56.